The number of nitriles is 1. The van der Waals surface area contributed by atoms with Crippen LogP contribution in [-0.4, -0.2) is 20.2 Å². The number of halogens is 1. The zero-order valence-corrected chi connectivity index (χ0v) is 15.7. The second-order valence-corrected chi connectivity index (χ2v) is 6.65. The van der Waals surface area contributed by atoms with Crippen LogP contribution in [-0.2, 0) is 6.42 Å². The third-order valence-corrected chi connectivity index (χ3v) is 4.30. The summed E-state index contributed by atoms with van der Waals surface area (Å²) < 4.78 is 0.777. The van der Waals surface area contributed by atoms with Crippen molar-refractivity contribution in [2.24, 2.45) is 0 Å². The van der Waals surface area contributed by atoms with Crippen molar-refractivity contribution in [3.63, 3.8) is 0 Å². The van der Waals surface area contributed by atoms with Crippen molar-refractivity contribution in [3.8, 4) is 6.07 Å². The number of nitrogens with one attached hydrogen (secondary N) is 3. The van der Waals surface area contributed by atoms with Crippen molar-refractivity contribution in [3.05, 3.63) is 64.8 Å². The fourth-order valence-electron chi connectivity index (χ4n) is 2.64. The van der Waals surface area contributed by atoms with Gasteiger partial charge in [-0.25, -0.2) is 4.98 Å². The Bertz CT molecular complexity index is 1130. The Hall–Kier alpha value is -3.44. The lowest BCUT2D eigenvalue weighted by atomic mass is 10.1. The van der Waals surface area contributed by atoms with E-state index in [-0.39, 0.29) is 0 Å². The van der Waals surface area contributed by atoms with Crippen LogP contribution in [0.1, 0.15) is 5.56 Å². The second kappa shape index (κ2) is 7.43. The van der Waals surface area contributed by atoms with E-state index in [4.69, 9.17) is 5.26 Å². The molecule has 0 bridgehead atoms. The number of hydrogen-bond acceptors (Lipinski definition) is 6. The molecule has 0 aliphatic rings. The summed E-state index contributed by atoms with van der Waals surface area (Å²) in [6, 6.07) is 19.4. The van der Waals surface area contributed by atoms with Crippen molar-refractivity contribution in [1.82, 2.24) is 20.2 Å². The maximum atomic E-state index is 8.78. The van der Waals surface area contributed by atoms with E-state index in [1.165, 1.54) is 0 Å². The molecule has 4 rings (SSSR count). The lowest BCUT2D eigenvalue weighted by molar-refractivity contribution is 1.07. The summed E-state index contributed by atoms with van der Waals surface area (Å²) in [4.78, 5) is 9.19. The zero-order valence-electron chi connectivity index (χ0n) is 14.1. The molecule has 4 aromatic rings. The minimum absolute atomic E-state index is 0.389. The van der Waals surface area contributed by atoms with Crippen LogP contribution in [0.5, 0.6) is 0 Å². The van der Waals surface area contributed by atoms with Crippen molar-refractivity contribution in [1.29, 1.82) is 5.26 Å². The quantitative estimate of drug-likeness (QED) is 0.434. The summed E-state index contributed by atoms with van der Waals surface area (Å²) in [6.45, 7) is 0. The van der Waals surface area contributed by atoms with Crippen molar-refractivity contribution < 1.29 is 0 Å². The Kier molecular flexibility index (Phi) is 4.68. The molecule has 0 saturated heterocycles. The van der Waals surface area contributed by atoms with Crippen LogP contribution in [0.2, 0.25) is 0 Å². The maximum Gasteiger partial charge on any atom is 0.229 e. The number of anilines is 4. The van der Waals surface area contributed by atoms with Crippen LogP contribution in [0.4, 0.5) is 23.3 Å². The SMILES string of the molecule is N#CCc1ccc(Nc2nc(Nc3cc(Br)[nH]n3)c3ccccc3n2)cc1. The van der Waals surface area contributed by atoms with E-state index in [0.29, 0.717) is 24.0 Å². The van der Waals surface area contributed by atoms with Gasteiger partial charge in [0.05, 0.1) is 18.0 Å². The number of para-hydroxylation sites is 1. The number of aromatic nitrogens is 4. The molecular formula is C19H14BrN7. The summed E-state index contributed by atoms with van der Waals surface area (Å²) in [5.41, 5.74) is 2.63. The molecule has 132 valence electrons. The predicted molar refractivity (Wildman–Crippen MR) is 108 cm³/mol. The minimum Gasteiger partial charge on any atom is -0.324 e. The molecule has 2 aromatic heterocycles. The van der Waals surface area contributed by atoms with Crippen LogP contribution >= 0.6 is 15.9 Å². The summed E-state index contributed by atoms with van der Waals surface area (Å²) >= 11 is 3.35. The Labute approximate surface area is 163 Å². The normalized spacial score (nSPS) is 10.5. The molecule has 0 atom stereocenters. The van der Waals surface area contributed by atoms with E-state index < -0.39 is 0 Å². The van der Waals surface area contributed by atoms with E-state index in [0.717, 1.165) is 26.8 Å². The van der Waals surface area contributed by atoms with E-state index in [1.807, 2.05) is 54.6 Å². The highest BCUT2D eigenvalue weighted by atomic mass is 79.9. The predicted octanol–water partition coefficient (Wildman–Crippen LogP) is 4.67. The Morgan fingerprint density at radius 1 is 1.04 bits per heavy atom. The smallest absolute Gasteiger partial charge is 0.229 e. The second-order valence-electron chi connectivity index (χ2n) is 5.80. The molecule has 0 spiro atoms. The standard InChI is InChI=1S/C19H14BrN7/c20-16-11-17(27-26-16)24-18-14-3-1-2-4-15(14)23-19(25-18)22-13-7-5-12(6-8-13)9-10-21/h1-8,11H,9H2,(H3,22,23,24,25,26,27). The summed E-state index contributed by atoms with van der Waals surface area (Å²) in [5, 5.41) is 23.1. The molecule has 0 saturated carbocycles. The number of aromatic amines is 1. The highest BCUT2D eigenvalue weighted by Gasteiger charge is 2.10. The average molecular weight is 420 g/mol. The largest absolute Gasteiger partial charge is 0.324 e. The summed E-state index contributed by atoms with van der Waals surface area (Å²) in [7, 11) is 0. The monoisotopic (exact) mass is 419 g/mol. The molecule has 0 radical (unpaired) electrons. The molecule has 27 heavy (non-hydrogen) atoms. The van der Waals surface area contributed by atoms with Gasteiger partial charge in [0, 0.05) is 17.1 Å². The van der Waals surface area contributed by atoms with E-state index >= 15 is 0 Å². The van der Waals surface area contributed by atoms with Crippen molar-refractivity contribution >= 4 is 50.1 Å². The van der Waals surface area contributed by atoms with E-state index in [9.17, 15) is 0 Å². The molecular weight excluding hydrogens is 406 g/mol. The Morgan fingerprint density at radius 3 is 2.59 bits per heavy atom. The molecule has 7 nitrogen and oxygen atoms in total. The van der Waals surface area contributed by atoms with Crippen molar-refractivity contribution in [2.45, 2.75) is 6.42 Å². The van der Waals surface area contributed by atoms with Gasteiger partial charge in [-0.3, -0.25) is 5.10 Å². The highest BCUT2D eigenvalue weighted by molar-refractivity contribution is 9.10. The van der Waals surface area contributed by atoms with Gasteiger partial charge in [0.15, 0.2) is 5.82 Å². The molecule has 0 aliphatic carbocycles. The first-order valence-electron chi connectivity index (χ1n) is 8.19. The highest BCUT2D eigenvalue weighted by Crippen LogP contribution is 2.26. The molecule has 0 aliphatic heterocycles. The topological polar surface area (TPSA) is 102 Å². The van der Waals surface area contributed by atoms with E-state index in [2.05, 4.69) is 52.8 Å². The Balaban J connectivity index is 1.67. The van der Waals surface area contributed by atoms with E-state index in [1.54, 1.807) is 0 Å². The van der Waals surface area contributed by atoms with Gasteiger partial charge in [-0.1, -0.05) is 24.3 Å². The van der Waals surface area contributed by atoms with Crippen LogP contribution in [0, 0.1) is 11.3 Å². The Morgan fingerprint density at radius 2 is 1.85 bits per heavy atom. The molecule has 2 heterocycles. The van der Waals surface area contributed by atoms with Gasteiger partial charge in [-0.2, -0.15) is 15.3 Å². The zero-order chi connectivity index (χ0) is 18.6. The molecule has 0 fully saturated rings. The van der Waals surface area contributed by atoms with Crippen molar-refractivity contribution in [2.75, 3.05) is 10.6 Å². The van der Waals surface area contributed by atoms with Crippen LogP contribution in [0.3, 0.4) is 0 Å². The molecule has 2 aromatic carbocycles. The first-order chi connectivity index (χ1) is 13.2. The molecule has 0 unspecified atom stereocenters. The first-order valence-corrected chi connectivity index (χ1v) is 8.98. The fraction of sp³-hybridized carbons (Fsp3) is 0.0526. The van der Waals surface area contributed by atoms with Gasteiger partial charge in [-0.15, -0.1) is 0 Å². The van der Waals surface area contributed by atoms with Crippen LogP contribution in [0.15, 0.2) is 59.2 Å². The summed E-state index contributed by atoms with van der Waals surface area (Å²) in [6.07, 6.45) is 0.389. The van der Waals surface area contributed by atoms with Gasteiger partial charge >= 0.3 is 0 Å². The molecule has 8 heteroatoms. The van der Waals surface area contributed by atoms with Crippen LogP contribution in [0.25, 0.3) is 10.9 Å². The lowest BCUT2D eigenvalue weighted by Crippen LogP contribution is -2.02. The van der Waals surface area contributed by atoms with Gasteiger partial charge in [0.1, 0.15) is 10.4 Å². The number of rotatable bonds is 5. The number of nitrogens with zero attached hydrogens (tertiary/aromatic N) is 4. The third kappa shape index (κ3) is 3.88. The van der Waals surface area contributed by atoms with Gasteiger partial charge < -0.3 is 10.6 Å². The number of fused-ring (bicyclic) bond motifs is 1. The first kappa shape index (κ1) is 17.0. The minimum atomic E-state index is 0.389. The number of benzene rings is 2. The fourth-order valence-corrected chi connectivity index (χ4v) is 2.94. The third-order valence-electron chi connectivity index (χ3n) is 3.89. The maximum absolute atomic E-state index is 8.78. The van der Waals surface area contributed by atoms with Gasteiger partial charge in [0.2, 0.25) is 5.95 Å². The van der Waals surface area contributed by atoms with Gasteiger partial charge in [-0.05, 0) is 45.8 Å². The average Bonchev–Trinajstić information content (AvgIpc) is 3.08. The molecule has 3 N–H and O–H groups in total. The van der Waals surface area contributed by atoms with Gasteiger partial charge in [0.25, 0.3) is 0 Å². The number of hydrogen-bond donors (Lipinski definition) is 3. The number of H-pyrrole nitrogens is 1. The lowest BCUT2D eigenvalue weighted by Gasteiger charge is -2.11. The van der Waals surface area contributed by atoms with Crippen LogP contribution < -0.4 is 10.6 Å². The summed E-state index contributed by atoms with van der Waals surface area (Å²) in [5.74, 6) is 1.78. The molecule has 0 amide bonds.